The Labute approximate surface area is 89.1 Å². The predicted octanol–water partition coefficient (Wildman–Crippen LogP) is 2.11. The Morgan fingerprint density at radius 2 is 1.79 bits per heavy atom. The summed E-state index contributed by atoms with van der Waals surface area (Å²) < 4.78 is 0. The normalized spacial score (nSPS) is 20.4. The first-order chi connectivity index (χ1) is 6.50. The van der Waals surface area contributed by atoms with Gasteiger partial charge in [-0.1, -0.05) is 0 Å². The van der Waals surface area contributed by atoms with E-state index in [2.05, 4.69) is 38.0 Å². The number of nitrogens with zero attached hydrogens (tertiary/aromatic N) is 1. The van der Waals surface area contributed by atoms with E-state index in [0.29, 0.717) is 5.54 Å². The maximum Gasteiger partial charge on any atom is 0.0122 e. The molecule has 0 unspecified atom stereocenters. The van der Waals surface area contributed by atoms with Gasteiger partial charge in [0.05, 0.1) is 0 Å². The molecule has 1 rings (SSSR count). The second kappa shape index (κ2) is 5.13. The van der Waals surface area contributed by atoms with Crippen LogP contribution in [0.2, 0.25) is 0 Å². The molecule has 0 atom stereocenters. The Bertz CT molecular complexity index is 154. The third kappa shape index (κ3) is 3.97. The molecule has 14 heavy (non-hydrogen) atoms. The van der Waals surface area contributed by atoms with Gasteiger partial charge in [0.15, 0.2) is 0 Å². The lowest BCUT2D eigenvalue weighted by atomic mass is 9.94. The monoisotopic (exact) mass is 198 g/mol. The van der Waals surface area contributed by atoms with Crippen LogP contribution in [0.25, 0.3) is 0 Å². The number of hydrogen-bond donors (Lipinski definition) is 1. The molecule has 0 amide bonds. The lowest BCUT2D eigenvalue weighted by Crippen LogP contribution is -2.40. The van der Waals surface area contributed by atoms with E-state index in [-0.39, 0.29) is 0 Å². The molecular formula is C12H26N2. The number of nitrogens with one attached hydrogen (secondary N) is 1. The fraction of sp³-hybridized carbons (Fsp3) is 1.00. The van der Waals surface area contributed by atoms with Crippen LogP contribution in [-0.4, -0.2) is 37.1 Å². The van der Waals surface area contributed by atoms with Crippen LogP contribution in [0.4, 0.5) is 0 Å². The molecule has 84 valence electrons. The van der Waals surface area contributed by atoms with Crippen molar-refractivity contribution in [2.45, 2.75) is 45.6 Å². The van der Waals surface area contributed by atoms with Crippen molar-refractivity contribution in [1.82, 2.24) is 10.2 Å². The summed E-state index contributed by atoms with van der Waals surface area (Å²) in [6.07, 6.45) is 4.12. The maximum atomic E-state index is 3.42. The quantitative estimate of drug-likeness (QED) is 0.747. The zero-order chi connectivity index (χ0) is 10.6. The van der Waals surface area contributed by atoms with E-state index in [1.165, 1.54) is 38.9 Å². The molecule has 1 aliphatic rings. The van der Waals surface area contributed by atoms with E-state index >= 15 is 0 Å². The van der Waals surface area contributed by atoms with Crippen molar-refractivity contribution < 1.29 is 0 Å². The Hall–Kier alpha value is -0.0800. The zero-order valence-electron chi connectivity index (χ0n) is 10.3. The summed E-state index contributed by atoms with van der Waals surface area (Å²) in [4.78, 5) is 2.47. The third-order valence-electron chi connectivity index (χ3n) is 3.48. The van der Waals surface area contributed by atoms with E-state index in [0.717, 1.165) is 5.92 Å². The summed E-state index contributed by atoms with van der Waals surface area (Å²) in [5, 5.41) is 3.42. The van der Waals surface area contributed by atoms with Crippen LogP contribution in [0, 0.1) is 5.92 Å². The second-order valence-corrected chi connectivity index (χ2v) is 5.57. The molecule has 0 saturated carbocycles. The molecule has 0 aromatic carbocycles. The highest BCUT2D eigenvalue weighted by molar-refractivity contribution is 4.75. The third-order valence-corrected chi connectivity index (χ3v) is 3.48. The molecule has 1 heterocycles. The lowest BCUT2D eigenvalue weighted by Gasteiger charge is -2.33. The van der Waals surface area contributed by atoms with Crippen molar-refractivity contribution >= 4 is 0 Å². The summed E-state index contributed by atoms with van der Waals surface area (Å²) in [7, 11) is 2.24. The molecule has 1 aliphatic heterocycles. The molecule has 2 nitrogen and oxygen atoms in total. The summed E-state index contributed by atoms with van der Waals surface area (Å²) in [5.74, 6) is 0.959. The molecular weight excluding hydrogens is 172 g/mol. The van der Waals surface area contributed by atoms with Gasteiger partial charge in [-0.3, -0.25) is 0 Å². The van der Waals surface area contributed by atoms with Crippen molar-refractivity contribution in [2.24, 2.45) is 5.92 Å². The van der Waals surface area contributed by atoms with Gasteiger partial charge in [0.2, 0.25) is 0 Å². The Morgan fingerprint density at radius 1 is 1.21 bits per heavy atom. The molecule has 1 N–H and O–H groups in total. The maximum absolute atomic E-state index is 3.42. The number of rotatable bonds is 3. The van der Waals surface area contributed by atoms with Crippen molar-refractivity contribution in [2.75, 3.05) is 26.7 Å². The highest BCUT2D eigenvalue weighted by Gasteiger charge is 2.19. The first-order valence-electron chi connectivity index (χ1n) is 5.92. The Morgan fingerprint density at radius 3 is 2.29 bits per heavy atom. The van der Waals surface area contributed by atoms with Crippen molar-refractivity contribution in [3.63, 3.8) is 0 Å². The van der Waals surface area contributed by atoms with Crippen LogP contribution in [0.3, 0.4) is 0 Å². The molecule has 0 aromatic heterocycles. The van der Waals surface area contributed by atoms with E-state index in [4.69, 9.17) is 0 Å². The first-order valence-corrected chi connectivity index (χ1v) is 5.92. The summed E-state index contributed by atoms with van der Waals surface area (Å²) >= 11 is 0. The smallest absolute Gasteiger partial charge is 0.0122 e. The van der Waals surface area contributed by atoms with Crippen LogP contribution < -0.4 is 5.32 Å². The fourth-order valence-corrected chi connectivity index (χ4v) is 1.88. The van der Waals surface area contributed by atoms with Gasteiger partial charge in [0, 0.05) is 5.54 Å². The first kappa shape index (κ1) is 12.0. The van der Waals surface area contributed by atoms with Crippen LogP contribution in [-0.2, 0) is 0 Å². The van der Waals surface area contributed by atoms with Gasteiger partial charge >= 0.3 is 0 Å². The van der Waals surface area contributed by atoms with Crippen molar-refractivity contribution in [1.29, 1.82) is 0 Å². The molecule has 1 fully saturated rings. The van der Waals surface area contributed by atoms with Gasteiger partial charge < -0.3 is 10.2 Å². The van der Waals surface area contributed by atoms with Gasteiger partial charge in [-0.05, 0) is 72.6 Å². The van der Waals surface area contributed by atoms with Crippen LogP contribution in [0.1, 0.15) is 40.0 Å². The zero-order valence-corrected chi connectivity index (χ0v) is 10.3. The minimum atomic E-state index is 0.326. The van der Waals surface area contributed by atoms with Crippen LogP contribution >= 0.6 is 0 Å². The van der Waals surface area contributed by atoms with Crippen molar-refractivity contribution in [3.8, 4) is 0 Å². The van der Waals surface area contributed by atoms with Gasteiger partial charge in [0.1, 0.15) is 0 Å². The molecule has 0 bridgehead atoms. The predicted molar refractivity (Wildman–Crippen MR) is 62.6 cm³/mol. The second-order valence-electron chi connectivity index (χ2n) is 5.57. The van der Waals surface area contributed by atoms with Gasteiger partial charge in [-0.2, -0.15) is 0 Å². The molecule has 0 spiro atoms. The van der Waals surface area contributed by atoms with E-state index < -0.39 is 0 Å². The minimum Gasteiger partial charge on any atom is -0.317 e. The Kier molecular flexibility index (Phi) is 4.39. The van der Waals surface area contributed by atoms with Gasteiger partial charge in [0.25, 0.3) is 0 Å². The average molecular weight is 198 g/mol. The van der Waals surface area contributed by atoms with E-state index in [9.17, 15) is 0 Å². The van der Waals surface area contributed by atoms with E-state index in [1.54, 1.807) is 0 Å². The largest absolute Gasteiger partial charge is 0.317 e. The lowest BCUT2D eigenvalue weighted by molar-refractivity contribution is 0.158. The molecule has 0 radical (unpaired) electrons. The Balaban J connectivity index is 2.19. The summed E-state index contributed by atoms with van der Waals surface area (Å²) in [6.45, 7) is 10.6. The van der Waals surface area contributed by atoms with E-state index in [1.807, 2.05) is 0 Å². The summed E-state index contributed by atoms with van der Waals surface area (Å²) in [6, 6.07) is 0. The fourth-order valence-electron chi connectivity index (χ4n) is 1.88. The topological polar surface area (TPSA) is 15.3 Å². The SMILES string of the molecule is CN(CCC1CCNCC1)C(C)(C)C. The highest BCUT2D eigenvalue weighted by Crippen LogP contribution is 2.18. The number of hydrogen-bond acceptors (Lipinski definition) is 2. The number of piperidine rings is 1. The summed E-state index contributed by atoms with van der Waals surface area (Å²) in [5.41, 5.74) is 0.326. The van der Waals surface area contributed by atoms with Crippen LogP contribution in [0.15, 0.2) is 0 Å². The van der Waals surface area contributed by atoms with Crippen LogP contribution in [0.5, 0.6) is 0 Å². The molecule has 1 saturated heterocycles. The van der Waals surface area contributed by atoms with Gasteiger partial charge in [-0.15, -0.1) is 0 Å². The highest BCUT2D eigenvalue weighted by atomic mass is 15.1. The molecule has 0 aromatic rings. The van der Waals surface area contributed by atoms with Crippen molar-refractivity contribution in [3.05, 3.63) is 0 Å². The molecule has 2 heteroatoms. The standard InChI is InChI=1S/C12H26N2/c1-12(2,3)14(4)10-7-11-5-8-13-9-6-11/h11,13H,5-10H2,1-4H3. The minimum absolute atomic E-state index is 0.326. The van der Waals surface area contributed by atoms with Gasteiger partial charge in [-0.25, -0.2) is 0 Å². The average Bonchev–Trinajstić information content (AvgIpc) is 2.14. The molecule has 0 aliphatic carbocycles.